The van der Waals surface area contributed by atoms with Crippen LogP contribution in [-0.2, 0) is 5.41 Å². The van der Waals surface area contributed by atoms with E-state index in [0.717, 1.165) is 12.8 Å². The fourth-order valence-electron chi connectivity index (χ4n) is 3.66. The topological polar surface area (TPSA) is 81.0 Å². The summed E-state index contributed by atoms with van der Waals surface area (Å²) in [5.74, 6) is 0.360. The summed E-state index contributed by atoms with van der Waals surface area (Å²) in [5.41, 5.74) is 1.93. The molecule has 0 aromatic carbocycles. The van der Waals surface area contributed by atoms with Gasteiger partial charge in [0.15, 0.2) is 0 Å². The predicted octanol–water partition coefficient (Wildman–Crippen LogP) is 4.01. The molecule has 3 rings (SSSR count). The maximum Gasteiger partial charge on any atom is 0.314 e. The lowest BCUT2D eigenvalue weighted by Gasteiger charge is -2.38. The number of anilines is 1. The van der Waals surface area contributed by atoms with Gasteiger partial charge < -0.3 is 5.32 Å². The van der Waals surface area contributed by atoms with Crippen LogP contribution in [0.5, 0.6) is 0 Å². The van der Waals surface area contributed by atoms with E-state index in [4.69, 9.17) is 0 Å². The van der Waals surface area contributed by atoms with Crippen molar-refractivity contribution in [3.63, 3.8) is 0 Å². The lowest BCUT2D eigenvalue weighted by molar-refractivity contribution is -0.384. The second-order valence-electron chi connectivity index (χ2n) is 6.51. The van der Waals surface area contributed by atoms with Crippen LogP contribution >= 0.6 is 0 Å². The molecule has 1 saturated carbocycles. The third kappa shape index (κ3) is 3.22. The van der Waals surface area contributed by atoms with Crippen molar-refractivity contribution in [3.8, 4) is 0 Å². The van der Waals surface area contributed by atoms with Crippen LogP contribution < -0.4 is 5.32 Å². The third-order valence-corrected chi connectivity index (χ3v) is 5.01. The van der Waals surface area contributed by atoms with E-state index in [2.05, 4.69) is 27.4 Å². The first kappa shape index (κ1) is 16.4. The molecule has 1 N–H and O–H groups in total. The average Bonchev–Trinajstić information content (AvgIpc) is 2.61. The molecular weight excluding hydrogens is 304 g/mol. The predicted molar refractivity (Wildman–Crippen MR) is 93.1 cm³/mol. The van der Waals surface area contributed by atoms with Gasteiger partial charge in [-0.2, -0.15) is 0 Å². The van der Waals surface area contributed by atoms with E-state index in [1.54, 1.807) is 19.2 Å². The van der Waals surface area contributed by atoms with Gasteiger partial charge in [-0.05, 0) is 43.5 Å². The Hall–Kier alpha value is -2.50. The number of nitrogens with one attached hydrogen (secondary N) is 1. The summed E-state index contributed by atoms with van der Waals surface area (Å²) in [6, 6.07) is 5.79. The molecule has 126 valence electrons. The molecule has 1 aliphatic rings. The number of nitro groups is 1. The van der Waals surface area contributed by atoms with Crippen LogP contribution in [0.25, 0.3) is 0 Å². The highest BCUT2D eigenvalue weighted by molar-refractivity contribution is 5.60. The Balaban J connectivity index is 1.88. The molecule has 24 heavy (non-hydrogen) atoms. The van der Waals surface area contributed by atoms with E-state index >= 15 is 0 Å². The van der Waals surface area contributed by atoms with Crippen molar-refractivity contribution in [2.24, 2.45) is 0 Å². The van der Waals surface area contributed by atoms with E-state index in [9.17, 15) is 10.1 Å². The Labute approximate surface area is 141 Å². The van der Waals surface area contributed by atoms with E-state index in [-0.39, 0.29) is 16.0 Å². The first-order chi connectivity index (χ1) is 11.6. The summed E-state index contributed by atoms with van der Waals surface area (Å²) >= 11 is 0. The molecule has 1 aliphatic carbocycles. The quantitative estimate of drug-likeness (QED) is 0.663. The summed E-state index contributed by atoms with van der Waals surface area (Å²) in [4.78, 5) is 19.3. The van der Waals surface area contributed by atoms with Gasteiger partial charge in [0.1, 0.15) is 0 Å². The van der Waals surface area contributed by atoms with Gasteiger partial charge in [0.25, 0.3) is 0 Å². The van der Waals surface area contributed by atoms with Crippen LogP contribution in [-0.4, -0.2) is 21.4 Å². The molecule has 2 heterocycles. The van der Waals surface area contributed by atoms with Crippen LogP contribution in [0.3, 0.4) is 0 Å². The van der Waals surface area contributed by atoms with Gasteiger partial charge in [-0.25, -0.2) is 4.98 Å². The Morgan fingerprint density at radius 3 is 2.54 bits per heavy atom. The molecule has 6 heteroatoms. The number of aryl methyl sites for hydroxylation is 1. The highest BCUT2D eigenvalue weighted by Crippen LogP contribution is 2.40. The van der Waals surface area contributed by atoms with Crippen molar-refractivity contribution >= 4 is 11.5 Å². The highest BCUT2D eigenvalue weighted by Gasteiger charge is 2.34. The second-order valence-corrected chi connectivity index (χ2v) is 6.51. The molecule has 0 saturated heterocycles. The Morgan fingerprint density at radius 2 is 1.88 bits per heavy atom. The SMILES string of the molecule is Cc1ccnc(NCC2(c3ccncc3)CCCCC2)c1[N+](=O)[O-]. The maximum atomic E-state index is 11.4. The zero-order chi connectivity index (χ0) is 17.0. The van der Waals surface area contributed by atoms with Crippen LogP contribution in [0, 0.1) is 17.0 Å². The van der Waals surface area contributed by atoms with Crippen molar-refractivity contribution in [1.82, 2.24) is 9.97 Å². The normalized spacial score (nSPS) is 16.5. The number of nitrogens with zero attached hydrogens (tertiary/aromatic N) is 3. The summed E-state index contributed by atoms with van der Waals surface area (Å²) in [6.45, 7) is 2.39. The fraction of sp³-hybridized carbons (Fsp3) is 0.444. The zero-order valence-corrected chi connectivity index (χ0v) is 13.9. The zero-order valence-electron chi connectivity index (χ0n) is 13.9. The lowest BCUT2D eigenvalue weighted by atomic mass is 9.69. The van der Waals surface area contributed by atoms with Gasteiger partial charge in [0.2, 0.25) is 5.82 Å². The Bertz CT molecular complexity index is 712. The lowest BCUT2D eigenvalue weighted by Crippen LogP contribution is -2.36. The third-order valence-electron chi connectivity index (χ3n) is 5.01. The molecule has 6 nitrogen and oxygen atoms in total. The highest BCUT2D eigenvalue weighted by atomic mass is 16.6. The summed E-state index contributed by atoms with van der Waals surface area (Å²) in [7, 11) is 0. The van der Waals surface area contributed by atoms with Gasteiger partial charge in [-0.3, -0.25) is 15.1 Å². The van der Waals surface area contributed by atoms with Crippen LogP contribution in [0.2, 0.25) is 0 Å². The van der Waals surface area contributed by atoms with Gasteiger partial charge >= 0.3 is 5.69 Å². The average molecular weight is 326 g/mol. The molecule has 0 bridgehead atoms. The van der Waals surface area contributed by atoms with E-state index in [1.165, 1.54) is 24.8 Å². The molecule has 2 aromatic heterocycles. The van der Waals surface area contributed by atoms with Crippen LogP contribution in [0.1, 0.15) is 43.2 Å². The number of pyridine rings is 2. The van der Waals surface area contributed by atoms with Gasteiger partial charge in [0.05, 0.1) is 4.92 Å². The molecule has 0 spiro atoms. The van der Waals surface area contributed by atoms with Crippen molar-refractivity contribution in [3.05, 3.63) is 58.0 Å². The maximum absolute atomic E-state index is 11.4. The first-order valence-corrected chi connectivity index (χ1v) is 8.37. The largest absolute Gasteiger partial charge is 0.363 e. The van der Waals surface area contributed by atoms with Crippen molar-refractivity contribution in [2.45, 2.75) is 44.4 Å². The van der Waals surface area contributed by atoms with Crippen molar-refractivity contribution < 1.29 is 4.92 Å². The minimum atomic E-state index is -0.357. The Kier molecular flexibility index (Phi) is 4.74. The molecule has 1 fully saturated rings. The minimum absolute atomic E-state index is 0.0134. The number of aromatic nitrogens is 2. The molecule has 0 aliphatic heterocycles. The van der Waals surface area contributed by atoms with Gasteiger partial charge in [-0.1, -0.05) is 19.3 Å². The Morgan fingerprint density at radius 1 is 1.17 bits per heavy atom. The first-order valence-electron chi connectivity index (χ1n) is 8.37. The molecule has 2 aromatic rings. The molecule has 0 amide bonds. The second kappa shape index (κ2) is 6.95. The standard InChI is InChI=1S/C18H22N4O2/c1-14-5-12-20-17(16(14)22(23)24)21-13-18(8-3-2-4-9-18)15-6-10-19-11-7-15/h5-7,10-12H,2-4,8-9,13H2,1H3,(H,20,21). The molecule has 0 atom stereocenters. The fourth-order valence-corrected chi connectivity index (χ4v) is 3.66. The number of rotatable bonds is 5. The number of hydrogen-bond donors (Lipinski definition) is 1. The van der Waals surface area contributed by atoms with Gasteiger partial charge in [0, 0.05) is 36.1 Å². The monoisotopic (exact) mass is 326 g/mol. The molecular formula is C18H22N4O2. The van der Waals surface area contributed by atoms with Crippen molar-refractivity contribution in [2.75, 3.05) is 11.9 Å². The van der Waals surface area contributed by atoms with Crippen LogP contribution in [0.15, 0.2) is 36.8 Å². The van der Waals surface area contributed by atoms with Crippen LogP contribution in [0.4, 0.5) is 11.5 Å². The van der Waals surface area contributed by atoms with E-state index < -0.39 is 0 Å². The number of hydrogen-bond acceptors (Lipinski definition) is 5. The van der Waals surface area contributed by atoms with E-state index in [1.807, 2.05) is 12.4 Å². The summed E-state index contributed by atoms with van der Waals surface area (Å²) < 4.78 is 0. The summed E-state index contributed by atoms with van der Waals surface area (Å²) in [5, 5.41) is 14.6. The van der Waals surface area contributed by atoms with E-state index in [0.29, 0.717) is 17.9 Å². The smallest absolute Gasteiger partial charge is 0.314 e. The summed E-state index contributed by atoms with van der Waals surface area (Å²) in [6.07, 6.45) is 11.0. The minimum Gasteiger partial charge on any atom is -0.363 e. The molecule has 0 unspecified atom stereocenters. The molecule has 0 radical (unpaired) electrons. The van der Waals surface area contributed by atoms with Crippen molar-refractivity contribution in [1.29, 1.82) is 0 Å². The van der Waals surface area contributed by atoms with Gasteiger partial charge in [-0.15, -0.1) is 0 Å².